The second-order valence-corrected chi connectivity index (χ2v) is 6.11. The molecule has 1 N–H and O–H groups in total. The molecule has 4 rings (SSSR count). The third kappa shape index (κ3) is 2.82. The quantitative estimate of drug-likeness (QED) is 0.616. The fourth-order valence-electron chi connectivity index (χ4n) is 2.92. The number of nitrogens with one attached hydrogen (secondary N) is 1. The summed E-state index contributed by atoms with van der Waals surface area (Å²) < 4.78 is 1.69. The summed E-state index contributed by atoms with van der Waals surface area (Å²) in [6.45, 7) is 3.84. The van der Waals surface area contributed by atoms with Crippen molar-refractivity contribution in [1.82, 2.24) is 20.0 Å². The third-order valence-corrected chi connectivity index (χ3v) is 4.35. The Morgan fingerprint density at radius 3 is 2.73 bits per heavy atom. The van der Waals surface area contributed by atoms with Crippen molar-refractivity contribution in [2.24, 2.45) is 0 Å². The zero-order chi connectivity index (χ0) is 18.1. The molecule has 128 valence electrons. The number of carbonyl (C=O) groups is 1. The lowest BCUT2D eigenvalue weighted by atomic mass is 10.1. The molecule has 0 bridgehead atoms. The molecule has 0 aliphatic carbocycles. The summed E-state index contributed by atoms with van der Waals surface area (Å²) in [5, 5.41) is 13.2. The van der Waals surface area contributed by atoms with E-state index in [-0.39, 0.29) is 5.91 Å². The molecule has 6 heteroatoms. The van der Waals surface area contributed by atoms with Crippen LogP contribution < -0.4 is 5.32 Å². The molecule has 1 amide bonds. The molecular weight excluding hydrogens is 326 g/mol. The van der Waals surface area contributed by atoms with Crippen molar-refractivity contribution in [1.29, 1.82) is 0 Å². The minimum absolute atomic E-state index is 0.287. The van der Waals surface area contributed by atoms with Crippen LogP contribution in [0.25, 0.3) is 16.5 Å². The average Bonchev–Trinajstić information content (AvgIpc) is 3.03. The summed E-state index contributed by atoms with van der Waals surface area (Å²) in [5.41, 5.74) is 3.67. The molecule has 0 saturated carbocycles. The van der Waals surface area contributed by atoms with Crippen LogP contribution in [0, 0.1) is 13.8 Å². The first-order valence-electron chi connectivity index (χ1n) is 8.27. The van der Waals surface area contributed by atoms with Gasteiger partial charge in [-0.3, -0.25) is 9.78 Å². The normalized spacial score (nSPS) is 10.8. The van der Waals surface area contributed by atoms with Gasteiger partial charge in [-0.05, 0) is 49.1 Å². The Morgan fingerprint density at radius 1 is 1.04 bits per heavy atom. The number of aromatic nitrogens is 4. The number of benzene rings is 2. The zero-order valence-corrected chi connectivity index (χ0v) is 14.5. The van der Waals surface area contributed by atoms with Gasteiger partial charge in [-0.2, -0.15) is 0 Å². The molecule has 2 heterocycles. The molecule has 0 unspecified atom stereocenters. The highest BCUT2D eigenvalue weighted by molar-refractivity contribution is 6.04. The summed E-state index contributed by atoms with van der Waals surface area (Å²) in [5.74, 6) is -0.287. The smallest absolute Gasteiger partial charge is 0.278 e. The lowest BCUT2D eigenvalue weighted by Crippen LogP contribution is -2.14. The first-order chi connectivity index (χ1) is 12.6. The third-order valence-electron chi connectivity index (χ3n) is 4.35. The van der Waals surface area contributed by atoms with E-state index >= 15 is 0 Å². The number of carbonyl (C=O) groups excluding carboxylic acids is 1. The van der Waals surface area contributed by atoms with Crippen LogP contribution in [-0.2, 0) is 0 Å². The molecule has 26 heavy (non-hydrogen) atoms. The van der Waals surface area contributed by atoms with Crippen molar-refractivity contribution < 1.29 is 4.79 Å². The highest BCUT2D eigenvalue weighted by Gasteiger charge is 2.18. The van der Waals surface area contributed by atoms with Gasteiger partial charge >= 0.3 is 0 Å². The summed E-state index contributed by atoms with van der Waals surface area (Å²) in [4.78, 5) is 16.8. The SMILES string of the molecule is Cc1ccccc1-n1nnc(C(=O)Nc2ccc3ccncc3c2)c1C. The number of aryl methyl sites for hydroxylation is 1. The zero-order valence-electron chi connectivity index (χ0n) is 14.5. The van der Waals surface area contributed by atoms with Gasteiger partial charge in [0.05, 0.1) is 11.4 Å². The highest BCUT2D eigenvalue weighted by atomic mass is 16.2. The molecular formula is C20H17N5O. The van der Waals surface area contributed by atoms with E-state index in [0.29, 0.717) is 17.1 Å². The summed E-state index contributed by atoms with van der Waals surface area (Å²) in [7, 11) is 0. The minimum Gasteiger partial charge on any atom is -0.321 e. The van der Waals surface area contributed by atoms with Gasteiger partial charge in [0.25, 0.3) is 5.91 Å². The van der Waals surface area contributed by atoms with Gasteiger partial charge in [0.2, 0.25) is 0 Å². The summed E-state index contributed by atoms with van der Waals surface area (Å²) in [6, 6.07) is 15.5. The topological polar surface area (TPSA) is 72.7 Å². The Bertz CT molecular complexity index is 1120. The molecule has 0 aliphatic heterocycles. The van der Waals surface area contributed by atoms with E-state index in [2.05, 4.69) is 20.6 Å². The molecule has 0 fully saturated rings. The lowest BCUT2D eigenvalue weighted by Gasteiger charge is -2.07. The molecule has 2 aromatic heterocycles. The predicted molar refractivity (Wildman–Crippen MR) is 101 cm³/mol. The van der Waals surface area contributed by atoms with Crippen molar-refractivity contribution in [2.75, 3.05) is 5.32 Å². The second-order valence-electron chi connectivity index (χ2n) is 6.11. The van der Waals surface area contributed by atoms with E-state index in [1.807, 2.05) is 62.4 Å². The Morgan fingerprint density at radius 2 is 1.88 bits per heavy atom. The van der Waals surface area contributed by atoms with Crippen LogP contribution in [-0.4, -0.2) is 25.9 Å². The first-order valence-corrected chi connectivity index (χ1v) is 8.27. The van der Waals surface area contributed by atoms with Gasteiger partial charge in [0, 0.05) is 23.5 Å². The van der Waals surface area contributed by atoms with E-state index in [4.69, 9.17) is 0 Å². The van der Waals surface area contributed by atoms with Gasteiger partial charge in [-0.15, -0.1) is 5.10 Å². The second kappa shape index (κ2) is 6.40. The number of nitrogens with zero attached hydrogens (tertiary/aromatic N) is 4. The lowest BCUT2D eigenvalue weighted by molar-refractivity contribution is 0.102. The van der Waals surface area contributed by atoms with Gasteiger partial charge in [0.15, 0.2) is 5.69 Å². The number of rotatable bonds is 3. The first kappa shape index (κ1) is 16.0. The number of hydrogen-bond donors (Lipinski definition) is 1. The Balaban J connectivity index is 1.63. The van der Waals surface area contributed by atoms with E-state index in [1.54, 1.807) is 17.1 Å². The fourth-order valence-corrected chi connectivity index (χ4v) is 2.92. The van der Waals surface area contributed by atoms with Crippen molar-refractivity contribution >= 4 is 22.4 Å². The number of para-hydroxylation sites is 1. The van der Waals surface area contributed by atoms with Crippen molar-refractivity contribution in [2.45, 2.75) is 13.8 Å². The number of fused-ring (bicyclic) bond motifs is 1. The van der Waals surface area contributed by atoms with Crippen molar-refractivity contribution in [3.63, 3.8) is 0 Å². The maximum absolute atomic E-state index is 12.7. The number of amides is 1. The Labute approximate surface area is 150 Å². The molecule has 6 nitrogen and oxygen atoms in total. The Hall–Kier alpha value is -3.54. The minimum atomic E-state index is -0.287. The van der Waals surface area contributed by atoms with Crippen molar-refractivity contribution in [3.05, 3.63) is 77.9 Å². The summed E-state index contributed by atoms with van der Waals surface area (Å²) >= 11 is 0. The van der Waals surface area contributed by atoms with E-state index in [0.717, 1.165) is 22.0 Å². The maximum Gasteiger partial charge on any atom is 0.278 e. The van der Waals surface area contributed by atoms with Crippen LogP contribution in [0.4, 0.5) is 5.69 Å². The largest absolute Gasteiger partial charge is 0.321 e. The van der Waals surface area contributed by atoms with Crippen molar-refractivity contribution in [3.8, 4) is 5.69 Å². The fraction of sp³-hybridized carbons (Fsp3) is 0.100. The summed E-state index contributed by atoms with van der Waals surface area (Å²) in [6.07, 6.45) is 3.51. The van der Waals surface area contributed by atoms with E-state index in [1.165, 1.54) is 0 Å². The molecule has 0 aliphatic rings. The molecule has 0 radical (unpaired) electrons. The van der Waals surface area contributed by atoms with Gasteiger partial charge in [-0.25, -0.2) is 4.68 Å². The molecule has 0 spiro atoms. The number of hydrogen-bond acceptors (Lipinski definition) is 4. The Kier molecular flexibility index (Phi) is 3.93. The predicted octanol–water partition coefficient (Wildman–Crippen LogP) is 3.68. The van der Waals surface area contributed by atoms with Gasteiger partial charge in [-0.1, -0.05) is 29.5 Å². The van der Waals surface area contributed by atoms with E-state index < -0.39 is 0 Å². The van der Waals surface area contributed by atoms with Gasteiger partial charge in [0.1, 0.15) is 0 Å². The average molecular weight is 343 g/mol. The van der Waals surface area contributed by atoms with Crippen LogP contribution in [0.1, 0.15) is 21.7 Å². The number of anilines is 1. The molecule has 0 atom stereocenters. The molecule has 0 saturated heterocycles. The van der Waals surface area contributed by atoms with Crippen LogP contribution >= 0.6 is 0 Å². The van der Waals surface area contributed by atoms with Gasteiger partial charge < -0.3 is 5.32 Å². The van der Waals surface area contributed by atoms with Crippen LogP contribution in [0.2, 0.25) is 0 Å². The number of pyridine rings is 1. The maximum atomic E-state index is 12.7. The van der Waals surface area contributed by atoms with Crippen LogP contribution in [0.15, 0.2) is 60.9 Å². The van der Waals surface area contributed by atoms with Crippen LogP contribution in [0.5, 0.6) is 0 Å². The van der Waals surface area contributed by atoms with Crippen LogP contribution in [0.3, 0.4) is 0 Å². The monoisotopic (exact) mass is 343 g/mol. The standard InChI is InChI=1S/C20H17N5O/c1-13-5-3-4-6-18(13)25-14(2)19(23-24-25)20(26)22-17-8-7-15-9-10-21-12-16(15)11-17/h3-12H,1-2H3,(H,22,26). The molecule has 4 aromatic rings. The highest BCUT2D eigenvalue weighted by Crippen LogP contribution is 2.20. The molecule has 2 aromatic carbocycles. The van der Waals surface area contributed by atoms with E-state index in [9.17, 15) is 4.79 Å².